The maximum absolute atomic E-state index is 12.2. The van der Waals surface area contributed by atoms with E-state index in [0.717, 1.165) is 5.56 Å². The van der Waals surface area contributed by atoms with E-state index in [4.69, 9.17) is 15.6 Å². The Morgan fingerprint density at radius 1 is 1.04 bits per heavy atom. The fourth-order valence-corrected chi connectivity index (χ4v) is 1.99. The van der Waals surface area contributed by atoms with Gasteiger partial charge in [0, 0.05) is 6.42 Å². The molecule has 0 unspecified atom stereocenters. The van der Waals surface area contributed by atoms with E-state index >= 15 is 0 Å². The van der Waals surface area contributed by atoms with Gasteiger partial charge in [0.15, 0.2) is 0 Å². The third-order valence-electron chi connectivity index (χ3n) is 3.36. The summed E-state index contributed by atoms with van der Waals surface area (Å²) in [5.74, 6) is -3.38. The second kappa shape index (κ2) is 11.9. The van der Waals surface area contributed by atoms with Gasteiger partial charge in [-0.3, -0.25) is 19.2 Å². The van der Waals surface area contributed by atoms with Gasteiger partial charge < -0.3 is 31.5 Å². The molecule has 0 heterocycles. The number of alkyl carbamates (subject to hydrolysis) is 1. The lowest BCUT2D eigenvalue weighted by Gasteiger charge is -2.17. The predicted octanol–water partition coefficient (Wildman–Crippen LogP) is -1.14. The molecular weight excluding hydrogens is 372 g/mol. The summed E-state index contributed by atoms with van der Waals surface area (Å²) in [5, 5.41) is 15.1. The highest BCUT2D eigenvalue weighted by molar-refractivity contribution is 5.90. The van der Waals surface area contributed by atoms with Crippen LogP contribution in [0.15, 0.2) is 30.3 Å². The van der Waals surface area contributed by atoms with Crippen LogP contribution in [0.2, 0.25) is 0 Å². The Hall–Kier alpha value is -3.63. The molecule has 0 aliphatic carbocycles. The first-order valence-corrected chi connectivity index (χ1v) is 8.29. The Kier molecular flexibility index (Phi) is 9.51. The monoisotopic (exact) mass is 394 g/mol. The van der Waals surface area contributed by atoms with Crippen molar-refractivity contribution in [3.05, 3.63) is 35.9 Å². The van der Waals surface area contributed by atoms with Gasteiger partial charge in [-0.1, -0.05) is 30.3 Å². The summed E-state index contributed by atoms with van der Waals surface area (Å²) in [6.45, 7) is -1.11. The first kappa shape index (κ1) is 22.4. The van der Waals surface area contributed by atoms with Crippen molar-refractivity contribution >= 4 is 29.8 Å². The van der Waals surface area contributed by atoms with E-state index in [-0.39, 0.29) is 19.4 Å². The van der Waals surface area contributed by atoms with E-state index in [1.54, 1.807) is 30.3 Å². The quantitative estimate of drug-likeness (QED) is 0.315. The first-order valence-electron chi connectivity index (χ1n) is 8.29. The van der Waals surface area contributed by atoms with Crippen LogP contribution in [0, 0.1) is 0 Å². The molecule has 1 rings (SSSR count). The number of primary amides is 1. The van der Waals surface area contributed by atoms with Crippen molar-refractivity contribution in [2.24, 2.45) is 5.73 Å². The number of carboxylic acids is 1. The lowest BCUT2D eigenvalue weighted by atomic mass is 10.1. The predicted molar refractivity (Wildman–Crippen MR) is 95.6 cm³/mol. The zero-order valence-corrected chi connectivity index (χ0v) is 15.0. The molecule has 1 aromatic rings. The number of carboxylic acid groups (broad SMARTS) is 1. The molecule has 1 aromatic carbocycles. The second-order valence-corrected chi connectivity index (χ2v) is 5.65. The van der Waals surface area contributed by atoms with Gasteiger partial charge in [-0.25, -0.2) is 4.79 Å². The molecule has 0 spiro atoms. The molecule has 0 radical (unpaired) electrons. The van der Waals surface area contributed by atoms with Gasteiger partial charge >= 0.3 is 12.1 Å². The molecule has 0 bridgehead atoms. The molecule has 28 heavy (non-hydrogen) atoms. The fourth-order valence-electron chi connectivity index (χ4n) is 1.99. The number of hydrogen-bond donors (Lipinski definition) is 5. The van der Waals surface area contributed by atoms with Crippen LogP contribution in [0.25, 0.3) is 0 Å². The fraction of sp³-hybridized carbons (Fsp3) is 0.353. The maximum Gasteiger partial charge on any atom is 0.408 e. The molecule has 0 fully saturated rings. The Labute approximate surface area is 160 Å². The molecule has 0 aromatic heterocycles. The number of carbonyl (C=O) groups is 5. The number of ether oxygens (including phenoxy) is 1. The molecule has 11 heteroatoms. The summed E-state index contributed by atoms with van der Waals surface area (Å²) >= 11 is 0. The van der Waals surface area contributed by atoms with E-state index in [0.29, 0.717) is 0 Å². The van der Waals surface area contributed by atoms with Gasteiger partial charge in [-0.2, -0.15) is 0 Å². The number of hydrogen-bond acceptors (Lipinski definition) is 6. The number of aliphatic carboxylic acids is 1. The third-order valence-corrected chi connectivity index (χ3v) is 3.36. The molecule has 152 valence electrons. The smallest absolute Gasteiger partial charge is 0.408 e. The van der Waals surface area contributed by atoms with Crippen LogP contribution in [0.1, 0.15) is 18.4 Å². The topological polar surface area (TPSA) is 177 Å². The standard InChI is InChI=1S/C17H22N4O7/c18-13(22)7-6-12(16(26)20-8-14(23)19-9-15(24)25)21-17(27)28-10-11-4-2-1-3-5-11/h1-5,12H,6-10H2,(H2,18,22)(H,19,23)(H,20,26)(H,21,27)(H,24,25)/t12-/m0/s1. The van der Waals surface area contributed by atoms with Gasteiger partial charge in [0.05, 0.1) is 6.54 Å². The largest absolute Gasteiger partial charge is 0.480 e. The van der Waals surface area contributed by atoms with E-state index in [9.17, 15) is 24.0 Å². The molecule has 1 atom stereocenters. The number of benzene rings is 1. The lowest BCUT2D eigenvalue weighted by molar-refractivity contribution is -0.137. The van der Waals surface area contributed by atoms with Gasteiger partial charge in [-0.05, 0) is 12.0 Å². The van der Waals surface area contributed by atoms with Crippen LogP contribution in [-0.2, 0) is 30.5 Å². The van der Waals surface area contributed by atoms with Crippen molar-refractivity contribution in [3.8, 4) is 0 Å². The van der Waals surface area contributed by atoms with Crippen LogP contribution >= 0.6 is 0 Å². The van der Waals surface area contributed by atoms with Crippen LogP contribution in [0.4, 0.5) is 4.79 Å². The minimum atomic E-state index is -1.23. The highest BCUT2D eigenvalue weighted by Gasteiger charge is 2.22. The average Bonchev–Trinajstić information content (AvgIpc) is 2.66. The summed E-state index contributed by atoms with van der Waals surface area (Å²) < 4.78 is 5.02. The van der Waals surface area contributed by atoms with Gasteiger partial charge in [0.25, 0.3) is 0 Å². The van der Waals surface area contributed by atoms with E-state index in [2.05, 4.69) is 16.0 Å². The van der Waals surface area contributed by atoms with Crippen molar-refractivity contribution < 1.29 is 33.8 Å². The molecule has 11 nitrogen and oxygen atoms in total. The molecule has 0 aliphatic heterocycles. The molecule has 6 N–H and O–H groups in total. The van der Waals surface area contributed by atoms with Crippen molar-refractivity contribution in [3.63, 3.8) is 0 Å². The summed E-state index contributed by atoms with van der Waals surface area (Å²) in [7, 11) is 0. The molecular formula is C17H22N4O7. The molecule has 0 saturated carbocycles. The van der Waals surface area contributed by atoms with E-state index < -0.39 is 48.9 Å². The summed E-state index contributed by atoms with van der Waals surface area (Å²) in [6.07, 6.45) is -1.16. The SMILES string of the molecule is NC(=O)CC[C@H](NC(=O)OCc1ccccc1)C(=O)NCC(=O)NCC(=O)O. The van der Waals surface area contributed by atoms with E-state index in [1.165, 1.54) is 0 Å². The summed E-state index contributed by atoms with van der Waals surface area (Å²) in [5.41, 5.74) is 5.80. The van der Waals surface area contributed by atoms with Crippen molar-refractivity contribution in [2.75, 3.05) is 13.1 Å². The third kappa shape index (κ3) is 9.75. The van der Waals surface area contributed by atoms with Crippen LogP contribution < -0.4 is 21.7 Å². The highest BCUT2D eigenvalue weighted by Crippen LogP contribution is 2.02. The van der Waals surface area contributed by atoms with Crippen molar-refractivity contribution in [1.82, 2.24) is 16.0 Å². The normalized spacial score (nSPS) is 11.0. The molecule has 0 aliphatic rings. The minimum absolute atomic E-state index is 0.0194. The zero-order valence-electron chi connectivity index (χ0n) is 15.0. The van der Waals surface area contributed by atoms with Crippen LogP contribution in [0.5, 0.6) is 0 Å². The maximum atomic E-state index is 12.2. The Balaban J connectivity index is 2.54. The Morgan fingerprint density at radius 2 is 1.71 bits per heavy atom. The number of nitrogens with two attached hydrogens (primary N) is 1. The van der Waals surface area contributed by atoms with Gasteiger partial charge in [0.2, 0.25) is 17.7 Å². The highest BCUT2D eigenvalue weighted by atomic mass is 16.5. The number of rotatable bonds is 11. The van der Waals surface area contributed by atoms with Crippen molar-refractivity contribution in [2.45, 2.75) is 25.5 Å². The summed E-state index contributed by atoms with van der Waals surface area (Å²) in [4.78, 5) is 56.9. The number of amides is 4. The number of nitrogens with one attached hydrogen (secondary N) is 3. The Morgan fingerprint density at radius 3 is 2.32 bits per heavy atom. The van der Waals surface area contributed by atoms with Crippen LogP contribution in [-0.4, -0.2) is 54.0 Å². The van der Waals surface area contributed by atoms with Crippen molar-refractivity contribution in [1.29, 1.82) is 0 Å². The zero-order chi connectivity index (χ0) is 20.9. The lowest BCUT2D eigenvalue weighted by Crippen LogP contribution is -2.49. The first-order chi connectivity index (χ1) is 13.3. The number of carbonyl (C=O) groups excluding carboxylic acids is 4. The molecule has 0 saturated heterocycles. The summed E-state index contributed by atoms with van der Waals surface area (Å²) in [6, 6.07) is 7.69. The average molecular weight is 394 g/mol. The van der Waals surface area contributed by atoms with E-state index in [1.807, 2.05) is 0 Å². The van der Waals surface area contributed by atoms with Crippen LogP contribution in [0.3, 0.4) is 0 Å². The molecule has 4 amide bonds. The Bertz CT molecular complexity index is 709. The van der Waals surface area contributed by atoms with Gasteiger partial charge in [0.1, 0.15) is 19.2 Å². The van der Waals surface area contributed by atoms with Gasteiger partial charge in [-0.15, -0.1) is 0 Å². The second-order valence-electron chi connectivity index (χ2n) is 5.65. The minimum Gasteiger partial charge on any atom is -0.480 e.